The summed E-state index contributed by atoms with van der Waals surface area (Å²) >= 11 is 0. The second kappa shape index (κ2) is 3.24. The third-order valence-corrected chi connectivity index (χ3v) is 2.57. The average Bonchev–Trinajstić information content (AvgIpc) is 3.02. The monoisotopic (exact) mass is 205 g/mol. The standard InChI is InChI=1S/C11H11NO3/c13-11-3-4-14-9-2-1-7(10-6-15-10)5-8(9)12-11/h1-2,5,10H,3-4,6H2,(H,12,13). The summed E-state index contributed by atoms with van der Waals surface area (Å²) in [7, 11) is 0. The lowest BCUT2D eigenvalue weighted by molar-refractivity contribution is -0.116. The predicted molar refractivity (Wildman–Crippen MR) is 53.9 cm³/mol. The van der Waals surface area contributed by atoms with Crippen molar-refractivity contribution in [3.63, 3.8) is 0 Å². The second-order valence-electron chi connectivity index (χ2n) is 3.72. The molecule has 1 unspecified atom stereocenters. The molecule has 0 aromatic heterocycles. The van der Waals surface area contributed by atoms with Crippen LogP contribution in [0.4, 0.5) is 5.69 Å². The molecule has 1 N–H and O–H groups in total. The number of epoxide rings is 1. The van der Waals surface area contributed by atoms with Crippen molar-refractivity contribution in [2.24, 2.45) is 0 Å². The van der Waals surface area contributed by atoms with Crippen LogP contribution < -0.4 is 10.1 Å². The van der Waals surface area contributed by atoms with Gasteiger partial charge < -0.3 is 14.8 Å². The molecule has 0 bridgehead atoms. The molecular weight excluding hydrogens is 194 g/mol. The van der Waals surface area contributed by atoms with Gasteiger partial charge in [0.25, 0.3) is 0 Å². The number of benzene rings is 1. The molecule has 2 aliphatic heterocycles. The number of carbonyl (C=O) groups excluding carboxylic acids is 1. The van der Waals surface area contributed by atoms with Crippen LogP contribution >= 0.6 is 0 Å². The van der Waals surface area contributed by atoms with E-state index in [9.17, 15) is 4.79 Å². The number of fused-ring (bicyclic) bond motifs is 1. The molecule has 0 radical (unpaired) electrons. The van der Waals surface area contributed by atoms with Gasteiger partial charge in [-0.15, -0.1) is 0 Å². The minimum absolute atomic E-state index is 0.00242. The van der Waals surface area contributed by atoms with Gasteiger partial charge in [0.05, 0.1) is 25.3 Å². The average molecular weight is 205 g/mol. The number of carbonyl (C=O) groups is 1. The van der Waals surface area contributed by atoms with Gasteiger partial charge in [0, 0.05) is 0 Å². The second-order valence-corrected chi connectivity index (χ2v) is 3.72. The summed E-state index contributed by atoms with van der Waals surface area (Å²) in [6.45, 7) is 1.21. The lowest BCUT2D eigenvalue weighted by atomic mass is 10.1. The SMILES string of the molecule is O=C1CCOc2ccc(C3CO3)cc2N1. The number of anilines is 1. The first-order valence-electron chi connectivity index (χ1n) is 5.01. The molecule has 2 heterocycles. The Labute approximate surface area is 87.2 Å². The van der Waals surface area contributed by atoms with Crippen molar-refractivity contribution in [2.75, 3.05) is 18.5 Å². The van der Waals surface area contributed by atoms with E-state index in [0.29, 0.717) is 13.0 Å². The number of rotatable bonds is 1. The molecule has 15 heavy (non-hydrogen) atoms. The summed E-state index contributed by atoms with van der Waals surface area (Å²) in [5, 5.41) is 2.83. The first-order valence-corrected chi connectivity index (χ1v) is 5.01. The zero-order chi connectivity index (χ0) is 10.3. The largest absolute Gasteiger partial charge is 0.491 e. The molecule has 1 amide bonds. The molecule has 1 fully saturated rings. The molecule has 1 aromatic rings. The first-order chi connectivity index (χ1) is 7.33. The number of amides is 1. The minimum atomic E-state index is 0.00242. The molecule has 2 aliphatic rings. The first kappa shape index (κ1) is 8.73. The van der Waals surface area contributed by atoms with Crippen molar-refractivity contribution >= 4 is 11.6 Å². The Hall–Kier alpha value is -1.55. The highest BCUT2D eigenvalue weighted by Crippen LogP contribution is 2.35. The van der Waals surface area contributed by atoms with Crippen LogP contribution in [0.5, 0.6) is 5.75 Å². The molecule has 4 heteroatoms. The van der Waals surface area contributed by atoms with Crippen LogP contribution in [0.1, 0.15) is 18.1 Å². The molecule has 0 aliphatic carbocycles. The van der Waals surface area contributed by atoms with Gasteiger partial charge in [0.1, 0.15) is 11.9 Å². The molecule has 3 rings (SSSR count). The lowest BCUT2D eigenvalue weighted by Gasteiger charge is -2.07. The maximum atomic E-state index is 11.3. The summed E-state index contributed by atoms with van der Waals surface area (Å²) < 4.78 is 10.6. The van der Waals surface area contributed by atoms with Gasteiger partial charge >= 0.3 is 0 Å². The molecule has 1 atom stereocenters. The van der Waals surface area contributed by atoms with Crippen molar-refractivity contribution in [1.82, 2.24) is 0 Å². The maximum Gasteiger partial charge on any atom is 0.227 e. The van der Waals surface area contributed by atoms with Gasteiger partial charge in [-0.05, 0) is 17.7 Å². The molecule has 1 aromatic carbocycles. The fourth-order valence-corrected chi connectivity index (χ4v) is 1.68. The Kier molecular flexibility index (Phi) is 1.89. The van der Waals surface area contributed by atoms with Crippen molar-refractivity contribution in [3.05, 3.63) is 23.8 Å². The highest BCUT2D eigenvalue weighted by Gasteiger charge is 2.26. The van der Waals surface area contributed by atoms with E-state index < -0.39 is 0 Å². The van der Waals surface area contributed by atoms with E-state index in [0.717, 1.165) is 23.6 Å². The summed E-state index contributed by atoms with van der Waals surface area (Å²) in [5.74, 6) is 0.743. The van der Waals surface area contributed by atoms with Crippen molar-refractivity contribution in [3.8, 4) is 5.75 Å². The van der Waals surface area contributed by atoms with Crippen molar-refractivity contribution in [2.45, 2.75) is 12.5 Å². The fourth-order valence-electron chi connectivity index (χ4n) is 1.68. The predicted octanol–water partition coefficient (Wildman–Crippen LogP) is 1.48. The molecule has 4 nitrogen and oxygen atoms in total. The Morgan fingerprint density at radius 2 is 2.27 bits per heavy atom. The number of hydrogen-bond acceptors (Lipinski definition) is 3. The topological polar surface area (TPSA) is 50.9 Å². The Balaban J connectivity index is 1.97. The van der Waals surface area contributed by atoms with Gasteiger partial charge in [-0.1, -0.05) is 6.07 Å². The molecule has 0 saturated carbocycles. The van der Waals surface area contributed by atoms with E-state index in [2.05, 4.69) is 5.32 Å². The maximum absolute atomic E-state index is 11.3. The van der Waals surface area contributed by atoms with Gasteiger partial charge in [-0.2, -0.15) is 0 Å². The quantitative estimate of drug-likeness (QED) is 0.706. The Morgan fingerprint density at radius 1 is 1.40 bits per heavy atom. The van der Waals surface area contributed by atoms with Gasteiger partial charge in [0.15, 0.2) is 0 Å². The third-order valence-electron chi connectivity index (χ3n) is 2.57. The van der Waals surface area contributed by atoms with Crippen LogP contribution in [0, 0.1) is 0 Å². The van der Waals surface area contributed by atoms with Gasteiger partial charge in [-0.3, -0.25) is 4.79 Å². The fraction of sp³-hybridized carbons (Fsp3) is 0.364. The zero-order valence-electron chi connectivity index (χ0n) is 8.16. The van der Waals surface area contributed by atoms with Gasteiger partial charge in [0.2, 0.25) is 5.91 Å². The Morgan fingerprint density at radius 3 is 3.07 bits per heavy atom. The Bertz CT molecular complexity index is 412. The van der Waals surface area contributed by atoms with Crippen molar-refractivity contribution < 1.29 is 14.3 Å². The number of hydrogen-bond donors (Lipinski definition) is 1. The normalized spacial score (nSPS) is 23.5. The summed E-state index contributed by atoms with van der Waals surface area (Å²) in [6, 6.07) is 5.79. The van der Waals surface area contributed by atoms with E-state index in [1.165, 1.54) is 0 Å². The number of ether oxygens (including phenoxy) is 2. The molecule has 78 valence electrons. The zero-order valence-corrected chi connectivity index (χ0v) is 8.16. The van der Waals surface area contributed by atoms with Crippen LogP contribution in [0.25, 0.3) is 0 Å². The summed E-state index contributed by atoms with van der Waals surface area (Å²) in [4.78, 5) is 11.3. The highest BCUT2D eigenvalue weighted by atomic mass is 16.6. The number of nitrogens with one attached hydrogen (secondary N) is 1. The molecule has 1 saturated heterocycles. The summed E-state index contributed by atoms with van der Waals surface area (Å²) in [6.07, 6.45) is 0.611. The van der Waals surface area contributed by atoms with Crippen LogP contribution in [0.15, 0.2) is 18.2 Å². The smallest absolute Gasteiger partial charge is 0.227 e. The van der Waals surface area contributed by atoms with E-state index >= 15 is 0 Å². The van der Waals surface area contributed by atoms with Crippen LogP contribution in [0.2, 0.25) is 0 Å². The highest BCUT2D eigenvalue weighted by molar-refractivity contribution is 5.93. The summed E-state index contributed by atoms with van der Waals surface area (Å²) in [5.41, 5.74) is 1.85. The van der Waals surface area contributed by atoms with Crippen molar-refractivity contribution in [1.29, 1.82) is 0 Å². The molecule has 0 spiro atoms. The van der Waals surface area contributed by atoms with E-state index in [1.54, 1.807) is 0 Å². The third kappa shape index (κ3) is 1.68. The van der Waals surface area contributed by atoms with E-state index in [4.69, 9.17) is 9.47 Å². The van der Waals surface area contributed by atoms with Gasteiger partial charge in [-0.25, -0.2) is 0 Å². The van der Waals surface area contributed by atoms with Crippen LogP contribution in [-0.2, 0) is 9.53 Å². The molecular formula is C11H11NO3. The van der Waals surface area contributed by atoms with E-state index in [1.807, 2.05) is 18.2 Å². The minimum Gasteiger partial charge on any atom is -0.491 e. The lowest BCUT2D eigenvalue weighted by Crippen LogP contribution is -2.10. The van der Waals surface area contributed by atoms with Crippen LogP contribution in [-0.4, -0.2) is 19.1 Å². The van der Waals surface area contributed by atoms with E-state index in [-0.39, 0.29) is 12.0 Å². The van der Waals surface area contributed by atoms with Crippen LogP contribution in [0.3, 0.4) is 0 Å².